The molecule has 2 aromatic carbocycles. The number of benzene rings is 2. The Labute approximate surface area is 153 Å². The predicted octanol–water partition coefficient (Wildman–Crippen LogP) is 4.55. The van der Waals surface area contributed by atoms with E-state index in [0.717, 1.165) is 0 Å². The average molecular weight is 461 g/mol. The maximum Gasteiger partial charge on any atom is 0.314 e. The molecule has 0 aliphatic carbocycles. The normalized spacial score (nSPS) is 10.3. The Morgan fingerprint density at radius 3 is 2.38 bits per heavy atom. The van der Waals surface area contributed by atoms with Crippen LogP contribution in [0.25, 0.3) is 0 Å². The van der Waals surface area contributed by atoms with Gasteiger partial charge in [-0.05, 0) is 61.7 Å². The molecule has 9 heteroatoms. The Morgan fingerprint density at radius 2 is 1.88 bits per heavy atom. The zero-order valence-electron chi connectivity index (χ0n) is 12.3. The number of hydrogen-bond donors (Lipinski definition) is 1. The van der Waals surface area contributed by atoms with Gasteiger partial charge >= 0.3 is 11.7 Å². The minimum absolute atomic E-state index is 0.127. The van der Waals surface area contributed by atoms with E-state index in [-0.39, 0.29) is 23.6 Å². The molecule has 1 N–H and O–H groups in total. The van der Waals surface area contributed by atoms with E-state index in [4.69, 9.17) is 14.6 Å². The number of nitro benzene ring substituents is 1. The van der Waals surface area contributed by atoms with E-state index in [2.05, 4.69) is 31.9 Å². The van der Waals surface area contributed by atoms with Crippen LogP contribution in [0.2, 0.25) is 0 Å². The van der Waals surface area contributed by atoms with Crippen LogP contribution in [0, 0.1) is 10.1 Å². The molecule has 0 aliphatic rings. The van der Waals surface area contributed by atoms with E-state index < -0.39 is 10.9 Å². The summed E-state index contributed by atoms with van der Waals surface area (Å²) in [6, 6.07) is 7.46. The van der Waals surface area contributed by atoms with Gasteiger partial charge in [0.2, 0.25) is 0 Å². The summed E-state index contributed by atoms with van der Waals surface area (Å²) in [6.07, 6.45) is -0.133. The number of nitro groups is 1. The van der Waals surface area contributed by atoms with E-state index >= 15 is 0 Å². The van der Waals surface area contributed by atoms with Crippen LogP contribution < -0.4 is 9.47 Å². The van der Waals surface area contributed by atoms with Crippen molar-refractivity contribution in [1.82, 2.24) is 0 Å². The Balaban J connectivity index is 2.36. The molecule has 24 heavy (non-hydrogen) atoms. The van der Waals surface area contributed by atoms with Crippen molar-refractivity contribution in [2.75, 3.05) is 7.11 Å². The van der Waals surface area contributed by atoms with Crippen LogP contribution in [0.1, 0.15) is 5.56 Å². The fourth-order valence-electron chi connectivity index (χ4n) is 1.98. The van der Waals surface area contributed by atoms with Crippen molar-refractivity contribution < 1.29 is 24.3 Å². The summed E-state index contributed by atoms with van der Waals surface area (Å²) in [6.45, 7) is 0. The summed E-state index contributed by atoms with van der Waals surface area (Å²) < 4.78 is 11.7. The van der Waals surface area contributed by atoms with Gasteiger partial charge in [-0.3, -0.25) is 14.9 Å². The van der Waals surface area contributed by atoms with Gasteiger partial charge in [-0.1, -0.05) is 0 Å². The highest BCUT2D eigenvalue weighted by molar-refractivity contribution is 9.11. The molecule has 0 heterocycles. The third-order valence-corrected chi connectivity index (χ3v) is 4.16. The molecule has 126 valence electrons. The molecular formula is C15H11Br2NO6. The van der Waals surface area contributed by atoms with E-state index in [1.165, 1.54) is 25.3 Å². The topological polar surface area (TPSA) is 98.9 Å². The molecule has 2 rings (SSSR count). The third kappa shape index (κ3) is 4.24. The van der Waals surface area contributed by atoms with E-state index in [9.17, 15) is 14.9 Å². The number of halogens is 2. The lowest BCUT2D eigenvalue weighted by Gasteiger charge is -2.12. The van der Waals surface area contributed by atoms with Crippen molar-refractivity contribution in [2.45, 2.75) is 6.42 Å². The zero-order valence-corrected chi connectivity index (χ0v) is 15.5. The van der Waals surface area contributed by atoms with Crippen molar-refractivity contribution in [3.05, 3.63) is 55.0 Å². The Kier molecular flexibility index (Phi) is 5.79. The molecule has 0 saturated heterocycles. The quantitative estimate of drug-likeness (QED) is 0.501. The number of carboxylic acid groups (broad SMARTS) is 1. The number of methoxy groups -OCH3 is 1. The molecule has 0 atom stereocenters. The van der Waals surface area contributed by atoms with Gasteiger partial charge in [0.25, 0.3) is 0 Å². The van der Waals surface area contributed by atoms with Gasteiger partial charge < -0.3 is 14.6 Å². The first-order valence-corrected chi connectivity index (χ1v) is 8.10. The zero-order chi connectivity index (χ0) is 17.9. The molecule has 0 aliphatic heterocycles. The van der Waals surface area contributed by atoms with E-state index in [1.54, 1.807) is 12.1 Å². The van der Waals surface area contributed by atoms with E-state index in [1.807, 2.05) is 0 Å². The van der Waals surface area contributed by atoms with Gasteiger partial charge in [0.05, 0.1) is 33.5 Å². The van der Waals surface area contributed by atoms with Gasteiger partial charge in [0.1, 0.15) is 5.75 Å². The molecule has 0 bridgehead atoms. The molecule has 2 aromatic rings. The van der Waals surface area contributed by atoms with Crippen LogP contribution in [-0.2, 0) is 11.2 Å². The largest absolute Gasteiger partial charge is 0.490 e. The van der Waals surface area contributed by atoms with E-state index in [0.29, 0.717) is 20.3 Å². The number of hydrogen-bond acceptors (Lipinski definition) is 5. The summed E-state index contributed by atoms with van der Waals surface area (Å²) in [5.41, 5.74) is 0.360. The standard InChI is InChI=1S/C15H11Br2NO6/c1-23-13-3-2-9(7-12(13)18(21)22)24-15-10(16)4-8(5-11(15)17)6-14(19)20/h2-5,7H,6H2,1H3,(H,19,20). The van der Waals surface area contributed by atoms with Gasteiger partial charge in [-0.15, -0.1) is 0 Å². The second kappa shape index (κ2) is 7.63. The molecule has 0 radical (unpaired) electrons. The highest BCUT2D eigenvalue weighted by Gasteiger charge is 2.18. The van der Waals surface area contributed by atoms with Gasteiger partial charge in [0, 0.05) is 0 Å². The number of nitrogens with zero attached hydrogens (tertiary/aromatic N) is 1. The maximum absolute atomic E-state index is 11.1. The summed E-state index contributed by atoms with van der Waals surface area (Å²) in [7, 11) is 1.34. The average Bonchev–Trinajstić information content (AvgIpc) is 2.50. The Morgan fingerprint density at radius 1 is 1.25 bits per heavy atom. The summed E-state index contributed by atoms with van der Waals surface area (Å²) in [5, 5.41) is 19.9. The second-order valence-corrected chi connectivity index (χ2v) is 6.36. The predicted molar refractivity (Wildman–Crippen MR) is 92.9 cm³/mol. The molecule has 7 nitrogen and oxygen atoms in total. The number of aliphatic carboxylic acids is 1. The van der Waals surface area contributed by atoms with Gasteiger partial charge in [0.15, 0.2) is 11.5 Å². The van der Waals surface area contributed by atoms with Gasteiger partial charge in [-0.25, -0.2) is 0 Å². The van der Waals surface area contributed by atoms with Crippen LogP contribution in [0.4, 0.5) is 5.69 Å². The molecule has 0 unspecified atom stereocenters. The fourth-order valence-corrected chi connectivity index (χ4v) is 3.42. The van der Waals surface area contributed by atoms with Gasteiger partial charge in [-0.2, -0.15) is 0 Å². The number of carbonyl (C=O) groups is 1. The van der Waals surface area contributed by atoms with Crippen LogP contribution >= 0.6 is 31.9 Å². The van der Waals surface area contributed by atoms with Crippen LogP contribution in [0.3, 0.4) is 0 Å². The molecular weight excluding hydrogens is 450 g/mol. The van der Waals surface area contributed by atoms with Crippen molar-refractivity contribution in [3.63, 3.8) is 0 Å². The summed E-state index contributed by atoms with van der Waals surface area (Å²) in [5.74, 6) is -0.200. The Hall–Kier alpha value is -2.13. The second-order valence-electron chi connectivity index (χ2n) is 4.65. The number of carboxylic acids is 1. The summed E-state index contributed by atoms with van der Waals surface area (Å²) >= 11 is 6.63. The number of rotatable bonds is 6. The summed E-state index contributed by atoms with van der Waals surface area (Å²) in [4.78, 5) is 21.3. The lowest BCUT2D eigenvalue weighted by Crippen LogP contribution is -2.00. The smallest absolute Gasteiger partial charge is 0.314 e. The SMILES string of the molecule is COc1ccc(Oc2c(Br)cc(CC(=O)O)cc2Br)cc1[N+](=O)[O-]. The minimum Gasteiger partial charge on any atom is -0.490 e. The van der Waals surface area contributed by atoms with Crippen molar-refractivity contribution in [2.24, 2.45) is 0 Å². The van der Waals surface area contributed by atoms with Crippen LogP contribution in [0.15, 0.2) is 39.3 Å². The lowest BCUT2D eigenvalue weighted by molar-refractivity contribution is -0.385. The number of ether oxygens (including phenoxy) is 2. The molecule has 0 aromatic heterocycles. The first kappa shape index (κ1) is 18.2. The van der Waals surface area contributed by atoms with Crippen LogP contribution in [0.5, 0.6) is 17.2 Å². The van der Waals surface area contributed by atoms with Crippen molar-refractivity contribution in [1.29, 1.82) is 0 Å². The minimum atomic E-state index is -0.951. The highest BCUT2D eigenvalue weighted by Crippen LogP contribution is 2.40. The highest BCUT2D eigenvalue weighted by atomic mass is 79.9. The third-order valence-electron chi connectivity index (χ3n) is 2.98. The van der Waals surface area contributed by atoms with Crippen molar-refractivity contribution >= 4 is 43.5 Å². The first-order chi connectivity index (χ1) is 11.3. The fraction of sp³-hybridized carbons (Fsp3) is 0.133. The molecule has 0 spiro atoms. The monoisotopic (exact) mass is 459 g/mol. The Bertz CT molecular complexity index is 786. The van der Waals surface area contributed by atoms with Crippen LogP contribution in [-0.4, -0.2) is 23.1 Å². The lowest BCUT2D eigenvalue weighted by atomic mass is 10.1. The maximum atomic E-state index is 11.1. The van der Waals surface area contributed by atoms with Crippen molar-refractivity contribution in [3.8, 4) is 17.2 Å². The first-order valence-electron chi connectivity index (χ1n) is 6.51. The molecule has 0 saturated carbocycles. The molecule has 0 amide bonds. The molecule has 0 fully saturated rings.